The van der Waals surface area contributed by atoms with Crippen LogP contribution in [0, 0.1) is 5.41 Å². The van der Waals surface area contributed by atoms with Gasteiger partial charge < -0.3 is 5.73 Å². The van der Waals surface area contributed by atoms with Crippen LogP contribution < -0.4 is 5.73 Å². The number of benzene rings is 1. The quantitative estimate of drug-likeness (QED) is 0.770. The zero-order valence-electron chi connectivity index (χ0n) is 9.95. The van der Waals surface area contributed by atoms with Gasteiger partial charge in [-0.2, -0.15) is 0 Å². The molecule has 0 aromatic heterocycles. The molecule has 1 aromatic carbocycles. The molecule has 2 heteroatoms. The van der Waals surface area contributed by atoms with E-state index in [4.69, 9.17) is 5.73 Å². The summed E-state index contributed by atoms with van der Waals surface area (Å²) in [5, 5.41) is 0. The van der Waals surface area contributed by atoms with Crippen molar-refractivity contribution in [2.75, 3.05) is 18.8 Å². The van der Waals surface area contributed by atoms with Crippen molar-refractivity contribution in [1.29, 1.82) is 0 Å². The minimum atomic E-state index is 0.479. The van der Waals surface area contributed by atoms with Crippen LogP contribution in [0.25, 0.3) is 0 Å². The Morgan fingerprint density at radius 3 is 2.50 bits per heavy atom. The Morgan fingerprint density at radius 2 is 1.94 bits per heavy atom. The molecule has 3 rings (SSSR count). The number of nitrogens with two attached hydrogens (primary N) is 1. The molecule has 86 valence electrons. The Kier molecular flexibility index (Phi) is 2.21. The molecule has 0 radical (unpaired) electrons. The summed E-state index contributed by atoms with van der Waals surface area (Å²) in [5.41, 5.74) is 8.95. The van der Waals surface area contributed by atoms with E-state index in [0.29, 0.717) is 11.5 Å². The molecule has 2 fully saturated rings. The van der Waals surface area contributed by atoms with Crippen LogP contribution in [0.1, 0.15) is 37.8 Å². The molecule has 1 saturated heterocycles. The Balaban J connectivity index is 1.70. The van der Waals surface area contributed by atoms with Crippen LogP contribution in [0.3, 0.4) is 0 Å². The van der Waals surface area contributed by atoms with Crippen molar-refractivity contribution in [3.63, 3.8) is 0 Å². The highest BCUT2D eigenvalue weighted by molar-refractivity contribution is 5.48. The third-order valence-electron chi connectivity index (χ3n) is 4.49. The highest BCUT2D eigenvalue weighted by Gasteiger charge is 2.48. The second-order valence-corrected chi connectivity index (χ2v) is 5.56. The van der Waals surface area contributed by atoms with Gasteiger partial charge >= 0.3 is 0 Å². The van der Waals surface area contributed by atoms with E-state index in [-0.39, 0.29) is 0 Å². The van der Waals surface area contributed by atoms with Gasteiger partial charge in [0.1, 0.15) is 0 Å². The van der Waals surface area contributed by atoms with Gasteiger partial charge in [0.2, 0.25) is 0 Å². The molecule has 1 aromatic rings. The van der Waals surface area contributed by atoms with Crippen LogP contribution >= 0.6 is 0 Å². The summed E-state index contributed by atoms with van der Waals surface area (Å²) in [5.74, 6) is 0. The number of hydrogen-bond acceptors (Lipinski definition) is 2. The van der Waals surface area contributed by atoms with E-state index in [2.05, 4.69) is 24.0 Å². The van der Waals surface area contributed by atoms with Crippen molar-refractivity contribution in [3.8, 4) is 0 Å². The van der Waals surface area contributed by atoms with Crippen molar-refractivity contribution < 1.29 is 0 Å². The molecule has 2 N–H and O–H groups in total. The number of nitrogens with zero attached hydrogens (tertiary/aromatic N) is 1. The van der Waals surface area contributed by atoms with Gasteiger partial charge in [0.25, 0.3) is 0 Å². The van der Waals surface area contributed by atoms with Crippen LogP contribution in [0.15, 0.2) is 24.3 Å². The first-order valence-corrected chi connectivity index (χ1v) is 6.29. The monoisotopic (exact) mass is 216 g/mol. The average molecular weight is 216 g/mol. The predicted molar refractivity (Wildman–Crippen MR) is 67.1 cm³/mol. The number of hydrogen-bond donors (Lipinski definition) is 1. The normalized spacial score (nSPS) is 24.8. The summed E-state index contributed by atoms with van der Waals surface area (Å²) in [6.45, 7) is 4.84. The molecule has 1 unspecified atom stereocenters. The third kappa shape index (κ3) is 1.44. The number of para-hydroxylation sites is 1. The molecule has 1 aliphatic carbocycles. The van der Waals surface area contributed by atoms with E-state index in [9.17, 15) is 0 Å². The third-order valence-corrected chi connectivity index (χ3v) is 4.49. The minimum Gasteiger partial charge on any atom is -0.398 e. The first kappa shape index (κ1) is 10.2. The van der Waals surface area contributed by atoms with Gasteiger partial charge in [-0.25, -0.2) is 0 Å². The van der Waals surface area contributed by atoms with Gasteiger partial charge in [-0.15, -0.1) is 0 Å². The maximum atomic E-state index is 6.03. The van der Waals surface area contributed by atoms with E-state index in [0.717, 1.165) is 5.69 Å². The lowest BCUT2D eigenvalue weighted by atomic mass is 9.63. The van der Waals surface area contributed by atoms with Crippen molar-refractivity contribution in [2.24, 2.45) is 5.41 Å². The van der Waals surface area contributed by atoms with Crippen molar-refractivity contribution in [3.05, 3.63) is 29.8 Å². The molecule has 1 spiro atoms. The Labute approximate surface area is 97.4 Å². The molecular formula is C14H20N2. The van der Waals surface area contributed by atoms with Gasteiger partial charge in [-0.3, -0.25) is 4.90 Å². The predicted octanol–water partition coefficient (Wildman–Crippen LogP) is 2.82. The minimum absolute atomic E-state index is 0.479. The van der Waals surface area contributed by atoms with E-state index in [1.165, 1.54) is 37.9 Å². The summed E-state index contributed by atoms with van der Waals surface area (Å²) >= 11 is 0. The van der Waals surface area contributed by atoms with Crippen molar-refractivity contribution >= 4 is 5.69 Å². The molecule has 1 heterocycles. The van der Waals surface area contributed by atoms with E-state index in [1.807, 2.05) is 12.1 Å². The van der Waals surface area contributed by atoms with Crippen molar-refractivity contribution in [2.45, 2.75) is 32.2 Å². The lowest BCUT2D eigenvalue weighted by Crippen LogP contribution is -2.59. The lowest BCUT2D eigenvalue weighted by molar-refractivity contribution is -0.0803. The molecule has 16 heavy (non-hydrogen) atoms. The maximum absolute atomic E-state index is 6.03. The first-order chi connectivity index (χ1) is 7.70. The number of anilines is 1. The van der Waals surface area contributed by atoms with Crippen LogP contribution in [0.5, 0.6) is 0 Å². The molecule has 1 atom stereocenters. The Bertz CT molecular complexity index is 387. The molecule has 1 aliphatic heterocycles. The Hall–Kier alpha value is -1.02. The first-order valence-electron chi connectivity index (χ1n) is 6.29. The van der Waals surface area contributed by atoms with Crippen LogP contribution in [0.2, 0.25) is 0 Å². The second kappa shape index (κ2) is 3.49. The van der Waals surface area contributed by atoms with Gasteiger partial charge in [0.05, 0.1) is 0 Å². The largest absolute Gasteiger partial charge is 0.398 e. The van der Waals surface area contributed by atoms with E-state index in [1.54, 1.807) is 0 Å². The molecule has 0 bridgehead atoms. The zero-order valence-corrected chi connectivity index (χ0v) is 9.95. The molecular weight excluding hydrogens is 196 g/mol. The zero-order chi connectivity index (χ0) is 11.2. The van der Waals surface area contributed by atoms with Gasteiger partial charge in [-0.05, 0) is 36.8 Å². The highest BCUT2D eigenvalue weighted by Crippen LogP contribution is 2.50. The summed E-state index contributed by atoms with van der Waals surface area (Å²) < 4.78 is 0. The van der Waals surface area contributed by atoms with Crippen LogP contribution in [-0.4, -0.2) is 18.0 Å². The van der Waals surface area contributed by atoms with E-state index < -0.39 is 0 Å². The highest BCUT2D eigenvalue weighted by atomic mass is 15.2. The summed E-state index contributed by atoms with van der Waals surface area (Å²) in [6, 6.07) is 8.74. The van der Waals surface area contributed by atoms with Gasteiger partial charge in [0.15, 0.2) is 0 Å². The van der Waals surface area contributed by atoms with Gasteiger partial charge in [0, 0.05) is 24.8 Å². The molecule has 2 aliphatic rings. The second-order valence-electron chi connectivity index (χ2n) is 5.56. The fourth-order valence-corrected chi connectivity index (χ4v) is 3.17. The fraction of sp³-hybridized carbons (Fsp3) is 0.571. The van der Waals surface area contributed by atoms with E-state index >= 15 is 0 Å². The number of nitrogen functional groups attached to an aromatic ring is 1. The summed E-state index contributed by atoms with van der Waals surface area (Å²) in [7, 11) is 0. The number of rotatable bonds is 2. The summed E-state index contributed by atoms with van der Waals surface area (Å²) in [4.78, 5) is 2.56. The molecule has 1 saturated carbocycles. The van der Waals surface area contributed by atoms with Crippen molar-refractivity contribution in [1.82, 2.24) is 4.90 Å². The summed E-state index contributed by atoms with van der Waals surface area (Å²) in [6.07, 6.45) is 4.33. The van der Waals surface area contributed by atoms with Crippen LogP contribution in [-0.2, 0) is 0 Å². The number of likely N-dealkylation sites (tertiary alicyclic amines) is 1. The lowest BCUT2D eigenvalue weighted by Gasteiger charge is -2.58. The smallest absolute Gasteiger partial charge is 0.0362 e. The molecule has 0 amide bonds. The fourth-order valence-electron chi connectivity index (χ4n) is 3.17. The maximum Gasteiger partial charge on any atom is 0.0362 e. The SMILES string of the molecule is CC(c1ccccc1N)N1CC2(CCC2)C1. The van der Waals surface area contributed by atoms with Crippen LogP contribution in [0.4, 0.5) is 5.69 Å². The average Bonchev–Trinajstić information content (AvgIpc) is 2.13. The van der Waals surface area contributed by atoms with Gasteiger partial charge in [-0.1, -0.05) is 24.6 Å². The topological polar surface area (TPSA) is 29.3 Å². The standard InChI is InChI=1S/C14H20N2/c1-11(12-5-2-3-6-13(12)15)16-9-14(10-16)7-4-8-14/h2-3,5-6,11H,4,7-10,15H2,1H3. The molecule has 2 nitrogen and oxygen atoms in total. The Morgan fingerprint density at radius 1 is 1.25 bits per heavy atom.